The summed E-state index contributed by atoms with van der Waals surface area (Å²) in [4.78, 5) is 19.7. The molecule has 1 aliphatic heterocycles. The zero-order valence-corrected chi connectivity index (χ0v) is 18.0. The zero-order valence-electron chi connectivity index (χ0n) is 17.2. The first kappa shape index (κ1) is 20.2. The van der Waals surface area contributed by atoms with Crippen LogP contribution in [0.3, 0.4) is 0 Å². The van der Waals surface area contributed by atoms with Gasteiger partial charge in [-0.2, -0.15) is 0 Å². The van der Waals surface area contributed by atoms with Crippen molar-refractivity contribution in [2.24, 2.45) is 0 Å². The number of rotatable bonds is 5. The lowest BCUT2D eigenvalue weighted by molar-refractivity contribution is 0.122. The van der Waals surface area contributed by atoms with Crippen molar-refractivity contribution < 1.29 is 9.47 Å². The number of morpholine rings is 1. The normalized spacial score (nSPS) is 21.8. The van der Waals surface area contributed by atoms with Crippen molar-refractivity contribution in [3.05, 3.63) is 42.1 Å². The van der Waals surface area contributed by atoms with Gasteiger partial charge in [0.2, 0.25) is 0 Å². The van der Waals surface area contributed by atoms with E-state index in [9.17, 15) is 0 Å². The van der Waals surface area contributed by atoms with Crippen molar-refractivity contribution in [1.82, 2.24) is 19.9 Å². The first-order chi connectivity index (χ1) is 15.2. The molecule has 0 atom stereocenters. The van der Waals surface area contributed by atoms with E-state index < -0.39 is 0 Å². The number of hydrogen-bond acceptors (Lipinski definition) is 8. The Bertz CT molecular complexity index is 1040. The molecule has 3 heterocycles. The molecular formula is C22H25ClN6O2. The van der Waals surface area contributed by atoms with Crippen molar-refractivity contribution in [2.75, 3.05) is 36.5 Å². The summed E-state index contributed by atoms with van der Waals surface area (Å²) in [6.45, 7) is 3.22. The number of benzene rings is 1. The van der Waals surface area contributed by atoms with Crippen molar-refractivity contribution in [3.8, 4) is 5.75 Å². The van der Waals surface area contributed by atoms with Crippen LogP contribution in [0.15, 0.2) is 36.9 Å². The highest BCUT2D eigenvalue weighted by Crippen LogP contribution is 2.33. The van der Waals surface area contributed by atoms with Crippen molar-refractivity contribution in [3.63, 3.8) is 0 Å². The Kier molecular flexibility index (Phi) is 5.99. The predicted molar refractivity (Wildman–Crippen MR) is 120 cm³/mol. The highest BCUT2D eigenvalue weighted by molar-refractivity contribution is 6.29. The van der Waals surface area contributed by atoms with Gasteiger partial charge in [0.15, 0.2) is 0 Å². The molecule has 162 valence electrons. The van der Waals surface area contributed by atoms with E-state index in [1.165, 1.54) is 6.20 Å². The first-order valence-corrected chi connectivity index (χ1v) is 11.1. The minimum absolute atomic E-state index is 0.147. The van der Waals surface area contributed by atoms with Gasteiger partial charge in [-0.15, -0.1) is 0 Å². The van der Waals surface area contributed by atoms with Gasteiger partial charge < -0.3 is 19.7 Å². The molecule has 1 N–H and O–H groups in total. The van der Waals surface area contributed by atoms with Crippen LogP contribution in [0.25, 0.3) is 11.0 Å². The summed E-state index contributed by atoms with van der Waals surface area (Å²) in [5, 5.41) is 3.83. The maximum atomic E-state index is 6.48. The molecule has 0 spiro atoms. The minimum atomic E-state index is 0.147. The van der Waals surface area contributed by atoms with Crippen LogP contribution >= 0.6 is 11.6 Å². The number of hydrogen-bond donors (Lipinski definition) is 1. The first-order valence-electron chi connectivity index (χ1n) is 10.7. The average Bonchev–Trinajstić information content (AvgIpc) is 2.81. The minimum Gasteiger partial charge on any atom is -0.488 e. The summed E-state index contributed by atoms with van der Waals surface area (Å²) < 4.78 is 12.0. The van der Waals surface area contributed by atoms with Gasteiger partial charge in [0.25, 0.3) is 0 Å². The van der Waals surface area contributed by atoms with Crippen LogP contribution < -0.4 is 15.0 Å². The van der Waals surface area contributed by atoms with Crippen LogP contribution in [0.2, 0.25) is 5.15 Å². The molecule has 8 nitrogen and oxygen atoms in total. The summed E-state index contributed by atoms with van der Waals surface area (Å²) in [5.41, 5.74) is 2.78. The summed E-state index contributed by atoms with van der Waals surface area (Å²) in [6, 6.07) is 4.53. The maximum Gasteiger partial charge on any atom is 0.149 e. The third-order valence-corrected chi connectivity index (χ3v) is 6.01. The fourth-order valence-corrected chi connectivity index (χ4v) is 4.40. The third-order valence-electron chi connectivity index (χ3n) is 5.82. The Morgan fingerprint density at radius 3 is 2.65 bits per heavy atom. The number of nitrogens with zero attached hydrogens (tertiary/aromatic N) is 5. The number of fused-ring (bicyclic) bond motifs is 1. The number of aromatic nitrogens is 4. The number of ether oxygens (including phenoxy) is 2. The van der Waals surface area contributed by atoms with Gasteiger partial charge in [-0.05, 0) is 31.7 Å². The standard InChI is InChI=1S/C22H25ClN6O2/c23-20-13-24-14-21(28-20)27-15-1-3-17(4-2-15)31-19-12-16(29-7-9-30-10-8-29)11-18-22(19)26-6-5-25-18/h5-6,11-15,17H,1-4,7-10H2,(H,27,28)/t15-,17+. The van der Waals surface area contributed by atoms with Gasteiger partial charge in [-0.25, -0.2) is 9.97 Å². The van der Waals surface area contributed by atoms with Gasteiger partial charge in [0, 0.05) is 43.3 Å². The largest absolute Gasteiger partial charge is 0.488 e. The molecule has 3 aromatic rings. The summed E-state index contributed by atoms with van der Waals surface area (Å²) in [6.07, 6.45) is 10.7. The SMILES string of the molecule is Clc1cncc(N[C@H]2CC[C@@H](Oc3cc(N4CCOCC4)cc4nccnc34)CC2)n1. The second-order valence-corrected chi connectivity index (χ2v) is 8.32. The molecule has 9 heteroatoms. The van der Waals surface area contributed by atoms with Gasteiger partial charge >= 0.3 is 0 Å². The fourth-order valence-electron chi connectivity index (χ4n) is 4.25. The smallest absolute Gasteiger partial charge is 0.149 e. The van der Waals surface area contributed by atoms with E-state index in [2.05, 4.69) is 42.3 Å². The molecule has 1 saturated carbocycles. The van der Waals surface area contributed by atoms with Crippen molar-refractivity contribution >= 4 is 34.1 Å². The quantitative estimate of drug-likeness (QED) is 0.642. The van der Waals surface area contributed by atoms with Crippen LogP contribution in [-0.2, 0) is 4.74 Å². The van der Waals surface area contributed by atoms with E-state index in [0.717, 1.165) is 80.3 Å². The van der Waals surface area contributed by atoms with Gasteiger partial charge in [-0.3, -0.25) is 9.97 Å². The van der Waals surface area contributed by atoms with Crippen LogP contribution in [0.5, 0.6) is 5.75 Å². The van der Waals surface area contributed by atoms with Crippen LogP contribution in [0.4, 0.5) is 11.5 Å². The summed E-state index contributed by atoms with van der Waals surface area (Å²) in [5.74, 6) is 1.53. The van der Waals surface area contributed by atoms with E-state index >= 15 is 0 Å². The highest BCUT2D eigenvalue weighted by Gasteiger charge is 2.24. The molecule has 2 aromatic heterocycles. The lowest BCUT2D eigenvalue weighted by atomic mass is 9.93. The average molecular weight is 441 g/mol. The number of halogens is 1. The van der Waals surface area contributed by atoms with E-state index in [0.29, 0.717) is 11.2 Å². The van der Waals surface area contributed by atoms with Gasteiger partial charge in [0.1, 0.15) is 22.2 Å². The van der Waals surface area contributed by atoms with Gasteiger partial charge in [-0.1, -0.05) is 11.6 Å². The van der Waals surface area contributed by atoms with Gasteiger partial charge in [0.05, 0.1) is 37.2 Å². The number of nitrogens with one attached hydrogen (secondary N) is 1. The Labute approximate surface area is 186 Å². The molecule has 1 aromatic carbocycles. The Balaban J connectivity index is 1.28. The third kappa shape index (κ3) is 4.80. The van der Waals surface area contributed by atoms with Crippen molar-refractivity contribution in [1.29, 1.82) is 0 Å². The lowest BCUT2D eigenvalue weighted by Gasteiger charge is -2.31. The Morgan fingerprint density at radius 1 is 1.03 bits per heavy atom. The molecule has 5 rings (SSSR count). The van der Waals surface area contributed by atoms with E-state index in [-0.39, 0.29) is 6.10 Å². The summed E-state index contributed by atoms with van der Waals surface area (Å²) >= 11 is 5.94. The lowest BCUT2D eigenvalue weighted by Crippen LogP contribution is -2.36. The maximum absolute atomic E-state index is 6.48. The van der Waals surface area contributed by atoms with Crippen molar-refractivity contribution in [2.45, 2.75) is 37.8 Å². The van der Waals surface area contributed by atoms with Crippen LogP contribution in [0.1, 0.15) is 25.7 Å². The topological polar surface area (TPSA) is 85.3 Å². The second kappa shape index (κ2) is 9.20. The fraction of sp³-hybridized carbons (Fsp3) is 0.455. The predicted octanol–water partition coefficient (Wildman–Crippen LogP) is 3.71. The van der Waals surface area contributed by atoms with E-state index in [4.69, 9.17) is 21.1 Å². The molecule has 0 unspecified atom stereocenters. The molecule has 1 aliphatic carbocycles. The van der Waals surface area contributed by atoms with E-state index in [1.807, 2.05) is 0 Å². The molecule has 0 amide bonds. The monoisotopic (exact) mass is 440 g/mol. The molecule has 2 aliphatic rings. The molecule has 0 radical (unpaired) electrons. The molecule has 0 bridgehead atoms. The number of anilines is 2. The Morgan fingerprint density at radius 2 is 1.84 bits per heavy atom. The summed E-state index contributed by atoms with van der Waals surface area (Å²) in [7, 11) is 0. The molecule has 1 saturated heterocycles. The van der Waals surface area contributed by atoms with Crippen LogP contribution in [0, 0.1) is 0 Å². The van der Waals surface area contributed by atoms with Crippen LogP contribution in [-0.4, -0.2) is 58.4 Å². The highest BCUT2D eigenvalue weighted by atomic mass is 35.5. The molecular weight excluding hydrogens is 416 g/mol. The molecule has 31 heavy (non-hydrogen) atoms. The molecule has 2 fully saturated rings. The Hall–Kier alpha value is -2.71. The van der Waals surface area contributed by atoms with E-state index in [1.54, 1.807) is 18.6 Å². The zero-order chi connectivity index (χ0) is 21.0. The second-order valence-electron chi connectivity index (χ2n) is 7.93.